The zero-order valence-electron chi connectivity index (χ0n) is 11.4. The highest BCUT2D eigenvalue weighted by molar-refractivity contribution is 7.71. The summed E-state index contributed by atoms with van der Waals surface area (Å²) in [4.78, 5) is 3.36. The Bertz CT molecular complexity index is 662. The second kappa shape index (κ2) is 4.20. The molecule has 2 aromatic rings. The van der Waals surface area contributed by atoms with Crippen LogP contribution < -0.4 is 0 Å². The van der Waals surface area contributed by atoms with Crippen LogP contribution in [0.25, 0.3) is 11.0 Å². The van der Waals surface area contributed by atoms with Gasteiger partial charge in [-0.15, -0.1) is 0 Å². The van der Waals surface area contributed by atoms with Crippen LogP contribution in [0.1, 0.15) is 31.2 Å². The third kappa shape index (κ3) is 2.14. The molecule has 1 heterocycles. The van der Waals surface area contributed by atoms with Crippen molar-refractivity contribution in [2.45, 2.75) is 39.2 Å². The summed E-state index contributed by atoms with van der Waals surface area (Å²) in [5, 5.41) is 0. The van der Waals surface area contributed by atoms with Crippen LogP contribution in [0.3, 0.4) is 0 Å². The quantitative estimate of drug-likeness (QED) is 0.816. The highest BCUT2D eigenvalue weighted by Gasteiger charge is 2.41. The van der Waals surface area contributed by atoms with Crippen LogP contribution in [-0.4, -0.2) is 9.55 Å². The largest absolute Gasteiger partial charge is 0.331 e. The maximum Gasteiger partial charge on any atom is 0.178 e. The molecule has 0 bridgehead atoms. The van der Waals surface area contributed by atoms with Gasteiger partial charge in [0.25, 0.3) is 0 Å². The van der Waals surface area contributed by atoms with Gasteiger partial charge in [0, 0.05) is 6.54 Å². The minimum Gasteiger partial charge on any atom is -0.331 e. The predicted octanol–water partition coefficient (Wildman–Crippen LogP) is 4.44. The van der Waals surface area contributed by atoms with Gasteiger partial charge in [-0.1, -0.05) is 6.07 Å². The molecule has 0 unspecified atom stereocenters. The SMILES string of the molecule is Cc1ccc2[nH]c(=S)n(CC(C3CC3)C3CC3)c2c1. The minimum atomic E-state index is 0.867. The fourth-order valence-electron chi connectivity index (χ4n) is 3.39. The summed E-state index contributed by atoms with van der Waals surface area (Å²) in [6.07, 6.45) is 5.76. The molecule has 4 rings (SSSR count). The smallest absolute Gasteiger partial charge is 0.178 e. The summed E-state index contributed by atoms with van der Waals surface area (Å²) in [6.45, 7) is 3.27. The first-order valence-corrected chi connectivity index (χ1v) is 7.82. The van der Waals surface area contributed by atoms with E-state index < -0.39 is 0 Å². The molecule has 2 fully saturated rings. The van der Waals surface area contributed by atoms with Gasteiger partial charge in [-0.05, 0) is 80.3 Å². The van der Waals surface area contributed by atoms with Crippen LogP contribution in [0, 0.1) is 29.4 Å². The number of hydrogen-bond acceptors (Lipinski definition) is 1. The maximum atomic E-state index is 5.54. The van der Waals surface area contributed by atoms with E-state index in [1.807, 2.05) is 0 Å². The number of hydrogen-bond donors (Lipinski definition) is 1. The first-order valence-electron chi connectivity index (χ1n) is 7.41. The van der Waals surface area contributed by atoms with Crippen molar-refractivity contribution in [2.24, 2.45) is 17.8 Å². The first-order chi connectivity index (χ1) is 9.22. The molecule has 2 nitrogen and oxygen atoms in total. The lowest BCUT2D eigenvalue weighted by Gasteiger charge is -2.16. The molecule has 1 N–H and O–H groups in total. The molecule has 2 aliphatic rings. The van der Waals surface area contributed by atoms with Crippen molar-refractivity contribution in [1.82, 2.24) is 9.55 Å². The van der Waals surface area contributed by atoms with Gasteiger partial charge in [0.2, 0.25) is 0 Å². The Hall–Kier alpha value is -1.09. The molecule has 0 radical (unpaired) electrons. The summed E-state index contributed by atoms with van der Waals surface area (Å²) >= 11 is 5.54. The van der Waals surface area contributed by atoms with E-state index in [4.69, 9.17) is 12.2 Å². The highest BCUT2D eigenvalue weighted by Crippen LogP contribution is 2.50. The average molecular weight is 272 g/mol. The highest BCUT2D eigenvalue weighted by atomic mass is 32.1. The van der Waals surface area contributed by atoms with E-state index in [-0.39, 0.29) is 0 Å². The van der Waals surface area contributed by atoms with Crippen LogP contribution in [-0.2, 0) is 6.54 Å². The zero-order chi connectivity index (χ0) is 13.0. The summed E-state index contributed by atoms with van der Waals surface area (Å²) in [5.74, 6) is 2.82. The molecule has 1 aromatic carbocycles. The number of aryl methyl sites for hydroxylation is 1. The lowest BCUT2D eigenvalue weighted by Crippen LogP contribution is -2.15. The van der Waals surface area contributed by atoms with Gasteiger partial charge < -0.3 is 9.55 Å². The van der Waals surface area contributed by atoms with E-state index in [2.05, 4.69) is 34.7 Å². The van der Waals surface area contributed by atoms with Gasteiger partial charge in [-0.3, -0.25) is 0 Å². The third-order valence-electron chi connectivity index (χ3n) is 4.78. The minimum absolute atomic E-state index is 0.867. The monoisotopic (exact) mass is 272 g/mol. The number of nitrogens with zero attached hydrogens (tertiary/aromatic N) is 1. The molecular weight excluding hydrogens is 252 g/mol. The molecule has 19 heavy (non-hydrogen) atoms. The maximum absolute atomic E-state index is 5.54. The van der Waals surface area contributed by atoms with Crippen LogP contribution >= 0.6 is 12.2 Å². The fraction of sp³-hybridized carbons (Fsp3) is 0.562. The molecule has 0 atom stereocenters. The van der Waals surface area contributed by atoms with E-state index in [1.165, 1.54) is 42.3 Å². The van der Waals surface area contributed by atoms with Crippen molar-refractivity contribution in [2.75, 3.05) is 0 Å². The molecule has 0 saturated heterocycles. The standard InChI is InChI=1S/C16H20N2S/c1-10-2-7-14-15(8-10)18(16(19)17-14)9-13(11-3-4-11)12-5-6-12/h2,7-8,11-13H,3-6,9H2,1H3,(H,17,19). The van der Waals surface area contributed by atoms with Gasteiger partial charge in [0.1, 0.15) is 0 Å². The van der Waals surface area contributed by atoms with Crippen LogP contribution in [0.2, 0.25) is 0 Å². The normalized spacial score (nSPS) is 19.5. The summed E-state index contributed by atoms with van der Waals surface area (Å²) in [5.41, 5.74) is 3.78. The number of fused-ring (bicyclic) bond motifs is 1. The molecule has 3 heteroatoms. The predicted molar refractivity (Wildman–Crippen MR) is 80.8 cm³/mol. The molecule has 2 aliphatic carbocycles. The number of rotatable bonds is 4. The van der Waals surface area contributed by atoms with Crippen molar-refractivity contribution >= 4 is 23.3 Å². The lowest BCUT2D eigenvalue weighted by atomic mass is 9.98. The second-order valence-corrected chi connectivity index (χ2v) is 6.79. The van der Waals surface area contributed by atoms with Crippen molar-refractivity contribution in [1.29, 1.82) is 0 Å². The number of benzene rings is 1. The Morgan fingerprint density at radius 1 is 1.26 bits per heavy atom. The number of aromatic amines is 1. The molecule has 0 spiro atoms. The van der Waals surface area contributed by atoms with Gasteiger partial charge in [-0.25, -0.2) is 0 Å². The Balaban J connectivity index is 1.74. The summed E-state index contributed by atoms with van der Waals surface area (Å²) in [7, 11) is 0. The molecule has 0 aliphatic heterocycles. The number of imidazole rings is 1. The van der Waals surface area contributed by atoms with E-state index in [0.29, 0.717) is 0 Å². The van der Waals surface area contributed by atoms with Crippen LogP contribution in [0.5, 0.6) is 0 Å². The molecule has 100 valence electrons. The molecular formula is C16H20N2S. The van der Waals surface area contributed by atoms with Gasteiger partial charge in [0.15, 0.2) is 4.77 Å². The molecule has 2 saturated carbocycles. The van der Waals surface area contributed by atoms with Crippen molar-refractivity contribution in [3.8, 4) is 0 Å². The fourth-order valence-corrected chi connectivity index (χ4v) is 3.67. The van der Waals surface area contributed by atoms with E-state index in [0.717, 1.165) is 29.1 Å². The lowest BCUT2D eigenvalue weighted by molar-refractivity contribution is 0.351. The van der Waals surface area contributed by atoms with E-state index in [1.54, 1.807) is 0 Å². The van der Waals surface area contributed by atoms with Crippen LogP contribution in [0.4, 0.5) is 0 Å². The van der Waals surface area contributed by atoms with Gasteiger partial charge >= 0.3 is 0 Å². The van der Waals surface area contributed by atoms with Gasteiger partial charge in [-0.2, -0.15) is 0 Å². The Kier molecular flexibility index (Phi) is 2.59. The van der Waals surface area contributed by atoms with Gasteiger partial charge in [0.05, 0.1) is 11.0 Å². The Morgan fingerprint density at radius 3 is 2.58 bits per heavy atom. The molecule has 0 amide bonds. The number of aromatic nitrogens is 2. The Labute approximate surface area is 118 Å². The topological polar surface area (TPSA) is 20.7 Å². The average Bonchev–Trinajstić information content (AvgIpc) is 3.25. The van der Waals surface area contributed by atoms with E-state index >= 15 is 0 Å². The number of nitrogens with one attached hydrogen (secondary N) is 1. The summed E-state index contributed by atoms with van der Waals surface area (Å²) in [6, 6.07) is 6.57. The van der Waals surface area contributed by atoms with Crippen LogP contribution in [0.15, 0.2) is 18.2 Å². The van der Waals surface area contributed by atoms with Crippen molar-refractivity contribution < 1.29 is 0 Å². The zero-order valence-corrected chi connectivity index (χ0v) is 12.2. The third-order valence-corrected chi connectivity index (χ3v) is 5.10. The number of H-pyrrole nitrogens is 1. The first kappa shape index (κ1) is 11.7. The second-order valence-electron chi connectivity index (χ2n) is 6.40. The van der Waals surface area contributed by atoms with E-state index in [9.17, 15) is 0 Å². The van der Waals surface area contributed by atoms with Crippen molar-refractivity contribution in [3.63, 3.8) is 0 Å². The summed E-state index contributed by atoms with van der Waals surface area (Å²) < 4.78 is 3.24. The molecule has 1 aromatic heterocycles. The van der Waals surface area contributed by atoms with Crippen molar-refractivity contribution in [3.05, 3.63) is 28.5 Å². The Morgan fingerprint density at radius 2 is 1.95 bits per heavy atom.